The zero-order chi connectivity index (χ0) is 42.4. The van der Waals surface area contributed by atoms with Gasteiger partial charge in [0.05, 0.1) is 11.4 Å². The van der Waals surface area contributed by atoms with Crippen LogP contribution in [0.1, 0.15) is 61.1 Å². The molecule has 0 fully saturated rings. The van der Waals surface area contributed by atoms with Crippen molar-refractivity contribution in [3.8, 4) is 22.3 Å². The number of rotatable bonds is 6. The molecule has 3 aliphatic rings. The maximum absolute atomic E-state index is 4.57. The first kappa shape index (κ1) is 38.4. The van der Waals surface area contributed by atoms with Gasteiger partial charge in [-0.3, -0.25) is 0 Å². The Morgan fingerprint density at radius 1 is 0.574 bits per heavy atom. The lowest BCUT2D eigenvalue weighted by Gasteiger charge is -2.31. The summed E-state index contributed by atoms with van der Waals surface area (Å²) in [5.41, 5.74) is 22.1. The van der Waals surface area contributed by atoms with E-state index in [-0.39, 0.29) is 10.8 Å². The Morgan fingerprint density at radius 3 is 1.69 bits per heavy atom. The minimum atomic E-state index is -0.230. The Morgan fingerprint density at radius 2 is 1.10 bits per heavy atom. The molecular formula is C57H54N4. The molecular weight excluding hydrogens is 741 g/mol. The van der Waals surface area contributed by atoms with Crippen molar-refractivity contribution in [1.82, 2.24) is 9.47 Å². The van der Waals surface area contributed by atoms with Crippen molar-refractivity contribution in [2.24, 2.45) is 7.05 Å². The van der Waals surface area contributed by atoms with Crippen molar-refractivity contribution < 1.29 is 0 Å². The van der Waals surface area contributed by atoms with Crippen LogP contribution in [0.15, 0.2) is 176 Å². The predicted octanol–water partition coefficient (Wildman–Crippen LogP) is 14.5. The summed E-state index contributed by atoms with van der Waals surface area (Å²) in [5.74, 6) is 0. The van der Waals surface area contributed by atoms with E-state index >= 15 is 0 Å². The second-order valence-corrected chi connectivity index (χ2v) is 18.3. The van der Waals surface area contributed by atoms with Crippen molar-refractivity contribution in [3.63, 3.8) is 0 Å². The first-order valence-corrected chi connectivity index (χ1v) is 21.5. The Balaban J connectivity index is 1.11. The lowest BCUT2D eigenvalue weighted by Crippen LogP contribution is -2.22. The lowest BCUT2D eigenvalue weighted by molar-refractivity contribution is 0.505. The number of anilines is 5. The van der Waals surface area contributed by atoms with Gasteiger partial charge in [0.2, 0.25) is 0 Å². The molecule has 0 unspecified atom stereocenters. The SMILES string of the molecule is C=C1/C=C\C=C/CN(C)C=C1N(c1ccccc1)c1cc(C)c2c(c1)C(C)(C)c1cc3c(cc1-2)C(C)(C)c1cc(N(c2ccccc2)c2cn(C)c4ccccc24)cc(C)c1-3. The minimum Gasteiger partial charge on any atom is -0.375 e. The molecule has 0 spiro atoms. The quantitative estimate of drug-likeness (QED) is 0.167. The molecule has 0 saturated heterocycles. The molecule has 6 aromatic carbocycles. The van der Waals surface area contributed by atoms with Crippen molar-refractivity contribution >= 4 is 39.3 Å². The fourth-order valence-electron chi connectivity index (χ4n) is 10.4. The fourth-order valence-corrected chi connectivity index (χ4v) is 10.4. The normalized spacial score (nSPS) is 16.8. The van der Waals surface area contributed by atoms with Gasteiger partial charge in [-0.25, -0.2) is 0 Å². The van der Waals surface area contributed by atoms with Crippen molar-refractivity contribution in [2.45, 2.75) is 52.4 Å². The topological polar surface area (TPSA) is 14.7 Å². The van der Waals surface area contributed by atoms with Gasteiger partial charge in [0.25, 0.3) is 0 Å². The van der Waals surface area contributed by atoms with Crippen LogP contribution in [-0.4, -0.2) is 23.1 Å². The summed E-state index contributed by atoms with van der Waals surface area (Å²) in [6.45, 7) is 19.7. The van der Waals surface area contributed by atoms with Crippen molar-refractivity contribution in [3.05, 3.63) is 209 Å². The number of aryl methyl sites for hydroxylation is 3. The highest BCUT2D eigenvalue weighted by Gasteiger charge is 2.43. The van der Waals surface area contributed by atoms with Crippen LogP contribution in [0.25, 0.3) is 33.2 Å². The molecule has 1 aliphatic heterocycles. The molecule has 7 aromatic rings. The average molecular weight is 795 g/mol. The number of likely N-dealkylation sites (N-methyl/N-ethyl adjacent to an activating group) is 1. The van der Waals surface area contributed by atoms with Gasteiger partial charge in [-0.15, -0.1) is 0 Å². The molecule has 10 rings (SSSR count). The van der Waals surface area contributed by atoms with Gasteiger partial charge in [0, 0.05) is 77.5 Å². The number of benzene rings is 6. The zero-order valence-electron chi connectivity index (χ0n) is 36.7. The van der Waals surface area contributed by atoms with E-state index in [0.29, 0.717) is 0 Å². The standard InChI is InChI=1S/C57H54N4/c1-37-21-13-12-20-28-58(8)35-52(37)60(40-22-14-10-15-23-40)42-29-38(2)54-45-33-48-46(34-47(45)56(4,5)49(54)31-42)55-39(3)30-43(32-50(55)57(48,6)7)61(41-24-16-11-17-25-41)53-36-59(9)51-27-19-18-26-44(51)53/h10-27,29-36H,1,28H2,2-9H3/b20-12-,21-13-,52-35?. The van der Waals surface area contributed by atoms with Gasteiger partial charge < -0.3 is 19.3 Å². The summed E-state index contributed by atoms with van der Waals surface area (Å²) >= 11 is 0. The molecule has 302 valence electrons. The van der Waals surface area contributed by atoms with E-state index in [1.54, 1.807) is 0 Å². The van der Waals surface area contributed by atoms with E-state index in [0.717, 1.165) is 34.9 Å². The van der Waals surface area contributed by atoms with Gasteiger partial charge in [0.15, 0.2) is 0 Å². The Hall–Kier alpha value is -6.78. The summed E-state index contributed by atoms with van der Waals surface area (Å²) in [6.07, 6.45) is 13.0. The predicted molar refractivity (Wildman–Crippen MR) is 259 cm³/mol. The first-order chi connectivity index (χ1) is 29.3. The van der Waals surface area contributed by atoms with E-state index in [1.807, 2.05) is 0 Å². The highest BCUT2D eigenvalue weighted by atomic mass is 15.2. The zero-order valence-corrected chi connectivity index (χ0v) is 36.7. The number of para-hydroxylation sites is 3. The van der Waals surface area contributed by atoms with Gasteiger partial charge in [0.1, 0.15) is 0 Å². The Labute approximate surface area is 361 Å². The van der Waals surface area contributed by atoms with Crippen molar-refractivity contribution in [1.29, 1.82) is 0 Å². The monoisotopic (exact) mass is 794 g/mol. The minimum absolute atomic E-state index is 0.218. The summed E-state index contributed by atoms with van der Waals surface area (Å²) in [5, 5.41) is 1.24. The highest BCUT2D eigenvalue weighted by Crippen LogP contribution is 2.59. The number of fused-ring (bicyclic) bond motifs is 7. The van der Waals surface area contributed by atoms with Crippen LogP contribution in [0.5, 0.6) is 0 Å². The van der Waals surface area contributed by atoms with Crippen LogP contribution in [0.4, 0.5) is 28.4 Å². The molecule has 0 saturated carbocycles. The largest absolute Gasteiger partial charge is 0.375 e. The Kier molecular flexibility index (Phi) is 8.92. The number of nitrogens with zero attached hydrogens (tertiary/aromatic N) is 4. The number of hydrogen-bond acceptors (Lipinski definition) is 3. The molecule has 2 aliphatic carbocycles. The van der Waals surface area contributed by atoms with E-state index < -0.39 is 0 Å². The fraction of sp³-hybridized carbons (Fsp3) is 0.193. The Bertz CT molecular complexity index is 3010. The lowest BCUT2D eigenvalue weighted by atomic mass is 9.79. The van der Waals surface area contributed by atoms with E-state index in [9.17, 15) is 0 Å². The maximum Gasteiger partial charge on any atom is 0.0717 e. The van der Waals surface area contributed by atoms with Crippen LogP contribution in [0, 0.1) is 13.8 Å². The molecule has 0 bridgehead atoms. The molecule has 0 amide bonds. The van der Waals surface area contributed by atoms with Gasteiger partial charge >= 0.3 is 0 Å². The first-order valence-electron chi connectivity index (χ1n) is 21.5. The van der Waals surface area contributed by atoms with Crippen LogP contribution in [0.3, 0.4) is 0 Å². The molecule has 0 radical (unpaired) electrons. The molecule has 2 heterocycles. The third-order valence-electron chi connectivity index (χ3n) is 13.5. The van der Waals surface area contributed by atoms with Crippen molar-refractivity contribution in [2.75, 3.05) is 23.4 Å². The second kappa shape index (κ2) is 14.2. The average Bonchev–Trinajstić information content (AvgIpc) is 3.80. The second-order valence-electron chi connectivity index (χ2n) is 18.3. The summed E-state index contributed by atoms with van der Waals surface area (Å²) < 4.78 is 2.24. The van der Waals surface area contributed by atoms with E-state index in [1.165, 1.54) is 77.9 Å². The molecule has 0 N–H and O–H groups in total. The molecule has 4 nitrogen and oxygen atoms in total. The van der Waals surface area contributed by atoms with Gasteiger partial charge in [-0.1, -0.05) is 113 Å². The van der Waals surface area contributed by atoms with Crippen LogP contribution in [0.2, 0.25) is 0 Å². The highest BCUT2D eigenvalue weighted by molar-refractivity contribution is 6.00. The third kappa shape index (κ3) is 6.03. The van der Waals surface area contributed by atoms with Crippen LogP contribution >= 0.6 is 0 Å². The smallest absolute Gasteiger partial charge is 0.0717 e. The van der Waals surface area contributed by atoms with E-state index in [2.05, 4.69) is 240 Å². The maximum atomic E-state index is 4.57. The number of allylic oxidation sites excluding steroid dienone is 3. The van der Waals surface area contributed by atoms with Crippen LogP contribution < -0.4 is 9.80 Å². The molecule has 0 atom stereocenters. The summed E-state index contributed by atoms with van der Waals surface area (Å²) in [4.78, 5) is 7.06. The summed E-state index contributed by atoms with van der Waals surface area (Å²) in [7, 11) is 4.28. The number of hydrogen-bond donors (Lipinski definition) is 0. The summed E-state index contributed by atoms with van der Waals surface area (Å²) in [6, 6.07) is 45.1. The van der Waals surface area contributed by atoms with Gasteiger partial charge in [-0.2, -0.15) is 0 Å². The molecule has 1 aromatic heterocycles. The van der Waals surface area contributed by atoms with Crippen LogP contribution in [-0.2, 0) is 17.9 Å². The third-order valence-corrected chi connectivity index (χ3v) is 13.5. The van der Waals surface area contributed by atoms with E-state index in [4.69, 9.17) is 0 Å². The number of aromatic nitrogens is 1. The van der Waals surface area contributed by atoms with Gasteiger partial charge in [-0.05, 0) is 142 Å². The molecule has 61 heavy (non-hydrogen) atoms. The molecule has 4 heteroatoms.